The van der Waals surface area contributed by atoms with E-state index in [1.807, 2.05) is 0 Å². The molecule has 1 atom stereocenters. The number of rotatable bonds is 5. The van der Waals surface area contributed by atoms with Crippen molar-refractivity contribution in [1.29, 1.82) is 0 Å². The number of carbonyl (C=O) groups excluding carboxylic acids is 1. The van der Waals surface area contributed by atoms with Crippen molar-refractivity contribution in [3.63, 3.8) is 0 Å². The summed E-state index contributed by atoms with van der Waals surface area (Å²) in [6, 6.07) is 4.88. The summed E-state index contributed by atoms with van der Waals surface area (Å²) >= 11 is 12.0. The molecule has 1 aliphatic carbocycles. The molecular formula is C16H18Cl2O4S. The van der Waals surface area contributed by atoms with Crippen molar-refractivity contribution in [2.24, 2.45) is 0 Å². The summed E-state index contributed by atoms with van der Waals surface area (Å²) in [7, 11) is -3.60. The fraction of sp³-hybridized carbons (Fsp3) is 0.438. The van der Waals surface area contributed by atoms with E-state index >= 15 is 0 Å². The average molecular weight is 377 g/mol. The maximum Gasteiger partial charge on any atom is 0.335 e. The van der Waals surface area contributed by atoms with Crippen LogP contribution in [-0.4, -0.2) is 26.2 Å². The van der Waals surface area contributed by atoms with Gasteiger partial charge in [0.15, 0.2) is 9.84 Å². The molecule has 0 radical (unpaired) electrons. The molecule has 0 heterocycles. The van der Waals surface area contributed by atoms with Gasteiger partial charge >= 0.3 is 5.97 Å². The van der Waals surface area contributed by atoms with Crippen LogP contribution in [0.25, 0.3) is 0 Å². The number of hydrogen-bond donors (Lipinski definition) is 0. The first kappa shape index (κ1) is 18.3. The van der Waals surface area contributed by atoms with Gasteiger partial charge in [-0.2, -0.15) is 0 Å². The average Bonchev–Trinajstić information content (AvgIpc) is 2.52. The maximum absolute atomic E-state index is 12.8. The third kappa shape index (κ3) is 4.28. The first-order valence-corrected chi connectivity index (χ1v) is 9.85. The standard InChI is InChI=1S/C16H18Cl2O4S/c1-2-22-16(19)12-7-3-4-9-14(12)23(20,21)10-11-6-5-8-13(17)15(11)18/h5-8,14H,2-4,9-10H2,1H3. The summed E-state index contributed by atoms with van der Waals surface area (Å²) in [6.07, 6.45) is 3.47. The number of allylic oxidation sites excluding steroid dienone is 1. The Balaban J connectivity index is 2.30. The molecular weight excluding hydrogens is 359 g/mol. The van der Waals surface area contributed by atoms with Crippen molar-refractivity contribution in [1.82, 2.24) is 0 Å². The molecule has 1 aliphatic rings. The SMILES string of the molecule is CCOC(=O)C1=CCCCC1S(=O)(=O)Cc1cccc(Cl)c1Cl. The predicted molar refractivity (Wildman–Crippen MR) is 91.4 cm³/mol. The van der Waals surface area contributed by atoms with Gasteiger partial charge in [0.25, 0.3) is 0 Å². The third-order valence-corrected chi connectivity index (χ3v) is 6.64. The molecule has 1 unspecified atom stereocenters. The van der Waals surface area contributed by atoms with Gasteiger partial charge < -0.3 is 4.74 Å². The van der Waals surface area contributed by atoms with Crippen molar-refractivity contribution >= 4 is 39.0 Å². The van der Waals surface area contributed by atoms with Gasteiger partial charge in [-0.1, -0.05) is 41.4 Å². The van der Waals surface area contributed by atoms with Crippen molar-refractivity contribution in [2.75, 3.05) is 6.61 Å². The Morgan fingerprint density at radius 3 is 2.78 bits per heavy atom. The van der Waals surface area contributed by atoms with Crippen molar-refractivity contribution in [3.05, 3.63) is 45.5 Å². The van der Waals surface area contributed by atoms with Crippen LogP contribution in [0.3, 0.4) is 0 Å². The fourth-order valence-electron chi connectivity index (χ4n) is 2.63. The molecule has 0 aliphatic heterocycles. The van der Waals surface area contributed by atoms with Gasteiger partial charge in [-0.25, -0.2) is 13.2 Å². The van der Waals surface area contributed by atoms with Crippen LogP contribution in [0.5, 0.6) is 0 Å². The Hall–Kier alpha value is -1.04. The largest absolute Gasteiger partial charge is 0.463 e. The molecule has 0 amide bonds. The van der Waals surface area contributed by atoms with E-state index < -0.39 is 21.1 Å². The van der Waals surface area contributed by atoms with Crippen molar-refractivity contribution in [2.45, 2.75) is 37.2 Å². The minimum atomic E-state index is -3.60. The van der Waals surface area contributed by atoms with Gasteiger partial charge in [-0.05, 0) is 37.8 Å². The number of esters is 1. The Bertz CT molecular complexity index is 726. The molecule has 7 heteroatoms. The second-order valence-corrected chi connectivity index (χ2v) is 8.29. The van der Waals surface area contributed by atoms with E-state index in [0.717, 1.165) is 6.42 Å². The van der Waals surface area contributed by atoms with E-state index in [2.05, 4.69) is 0 Å². The van der Waals surface area contributed by atoms with Crippen molar-refractivity contribution < 1.29 is 17.9 Å². The van der Waals surface area contributed by atoms with Crippen molar-refractivity contribution in [3.8, 4) is 0 Å². The van der Waals surface area contributed by atoms with Gasteiger partial charge in [0.05, 0.1) is 33.2 Å². The highest BCUT2D eigenvalue weighted by Crippen LogP contribution is 2.32. The van der Waals surface area contributed by atoms with Gasteiger partial charge in [0, 0.05) is 0 Å². The molecule has 0 fully saturated rings. The highest BCUT2D eigenvalue weighted by molar-refractivity contribution is 7.91. The molecule has 0 bridgehead atoms. The van der Waals surface area contributed by atoms with Crippen LogP contribution < -0.4 is 0 Å². The smallest absolute Gasteiger partial charge is 0.335 e. The van der Waals surface area contributed by atoms with E-state index in [4.69, 9.17) is 27.9 Å². The second kappa shape index (κ2) is 7.69. The van der Waals surface area contributed by atoms with Crippen LogP contribution >= 0.6 is 23.2 Å². The summed E-state index contributed by atoms with van der Waals surface area (Å²) in [5, 5.41) is -0.315. The Kier molecular flexibility index (Phi) is 6.12. The third-order valence-electron chi connectivity index (χ3n) is 3.71. The highest BCUT2D eigenvalue weighted by Gasteiger charge is 2.35. The molecule has 1 aromatic carbocycles. The summed E-state index contributed by atoms with van der Waals surface area (Å²) in [5.41, 5.74) is 0.671. The summed E-state index contributed by atoms with van der Waals surface area (Å²) in [4.78, 5) is 12.0. The quantitative estimate of drug-likeness (QED) is 0.729. The first-order valence-electron chi connectivity index (χ1n) is 7.38. The lowest BCUT2D eigenvalue weighted by atomic mass is 9.99. The topological polar surface area (TPSA) is 60.4 Å². The first-order chi connectivity index (χ1) is 10.9. The van der Waals surface area contributed by atoms with Crippen LogP contribution in [0.4, 0.5) is 0 Å². The maximum atomic E-state index is 12.8. The zero-order valence-corrected chi connectivity index (χ0v) is 15.0. The van der Waals surface area contributed by atoms with E-state index in [1.165, 1.54) is 0 Å². The van der Waals surface area contributed by atoms with E-state index in [9.17, 15) is 13.2 Å². The molecule has 0 N–H and O–H groups in total. The Morgan fingerprint density at radius 2 is 2.09 bits per heavy atom. The van der Waals surface area contributed by atoms with Crippen LogP contribution in [0.2, 0.25) is 10.0 Å². The minimum absolute atomic E-state index is 0.211. The summed E-state index contributed by atoms with van der Waals surface area (Å²) in [6.45, 7) is 1.90. The molecule has 0 aromatic heterocycles. The van der Waals surface area contributed by atoms with Gasteiger partial charge in [-0.15, -0.1) is 0 Å². The predicted octanol–water partition coefficient (Wildman–Crippen LogP) is 3.95. The van der Waals surface area contributed by atoms with Gasteiger partial charge in [-0.3, -0.25) is 0 Å². The molecule has 1 aromatic rings. The molecule has 2 rings (SSSR count). The lowest BCUT2D eigenvalue weighted by Gasteiger charge is -2.23. The lowest BCUT2D eigenvalue weighted by Crippen LogP contribution is -2.31. The Morgan fingerprint density at radius 1 is 1.35 bits per heavy atom. The van der Waals surface area contributed by atoms with Crippen LogP contribution in [0.1, 0.15) is 31.7 Å². The number of sulfone groups is 1. The van der Waals surface area contributed by atoms with Crippen LogP contribution in [-0.2, 0) is 25.1 Å². The number of ether oxygens (including phenoxy) is 1. The number of benzene rings is 1. The number of halogens is 2. The second-order valence-electron chi connectivity index (χ2n) is 5.32. The Labute approximate surface area is 146 Å². The lowest BCUT2D eigenvalue weighted by molar-refractivity contribution is -0.138. The summed E-state index contributed by atoms with van der Waals surface area (Å²) < 4.78 is 30.6. The normalized spacial score (nSPS) is 18.4. The van der Waals surface area contributed by atoms with E-state index in [1.54, 1.807) is 31.2 Å². The monoisotopic (exact) mass is 376 g/mol. The zero-order chi connectivity index (χ0) is 17.0. The fourth-order valence-corrected chi connectivity index (χ4v) is 5.07. The zero-order valence-electron chi connectivity index (χ0n) is 12.7. The molecule has 0 saturated heterocycles. The van der Waals surface area contributed by atoms with Gasteiger partial charge in [0.2, 0.25) is 0 Å². The molecule has 4 nitrogen and oxygen atoms in total. The molecule has 23 heavy (non-hydrogen) atoms. The number of hydrogen-bond acceptors (Lipinski definition) is 4. The van der Waals surface area contributed by atoms with E-state index in [0.29, 0.717) is 23.4 Å². The summed E-state index contributed by atoms with van der Waals surface area (Å²) in [5.74, 6) is -0.814. The van der Waals surface area contributed by atoms with E-state index in [-0.39, 0.29) is 23.0 Å². The minimum Gasteiger partial charge on any atom is -0.463 e. The molecule has 0 spiro atoms. The highest BCUT2D eigenvalue weighted by atomic mass is 35.5. The number of carbonyl (C=O) groups is 1. The van der Waals surface area contributed by atoms with Crippen LogP contribution in [0, 0.1) is 0 Å². The molecule has 0 saturated carbocycles. The van der Waals surface area contributed by atoms with Crippen LogP contribution in [0.15, 0.2) is 29.8 Å². The molecule has 126 valence electrons. The van der Waals surface area contributed by atoms with Gasteiger partial charge in [0.1, 0.15) is 0 Å².